The Kier molecular flexibility index (Phi) is 4.78. The summed E-state index contributed by atoms with van der Waals surface area (Å²) in [7, 11) is 0. The summed E-state index contributed by atoms with van der Waals surface area (Å²) in [6.45, 7) is 1.07. The SMILES string of the molecule is O=C(NC1CCCC1)N(Cc1ccccc1)Cc1ccco1. The van der Waals surface area contributed by atoms with Crippen molar-refractivity contribution >= 4 is 6.03 Å². The van der Waals surface area contributed by atoms with Crippen molar-refractivity contribution in [1.82, 2.24) is 10.2 Å². The topological polar surface area (TPSA) is 45.5 Å². The Hall–Kier alpha value is -2.23. The third-order valence-corrected chi connectivity index (χ3v) is 4.11. The molecule has 116 valence electrons. The van der Waals surface area contributed by atoms with Gasteiger partial charge in [-0.15, -0.1) is 0 Å². The van der Waals surface area contributed by atoms with Crippen LogP contribution in [0.25, 0.3) is 0 Å². The van der Waals surface area contributed by atoms with Gasteiger partial charge in [-0.05, 0) is 30.5 Å². The second-order valence-corrected chi connectivity index (χ2v) is 5.85. The van der Waals surface area contributed by atoms with Crippen molar-refractivity contribution in [3.8, 4) is 0 Å². The number of urea groups is 1. The number of nitrogens with zero attached hydrogens (tertiary/aromatic N) is 1. The fraction of sp³-hybridized carbons (Fsp3) is 0.389. The first-order valence-electron chi connectivity index (χ1n) is 7.93. The number of rotatable bonds is 5. The lowest BCUT2D eigenvalue weighted by Crippen LogP contribution is -2.43. The molecule has 4 nitrogen and oxygen atoms in total. The van der Waals surface area contributed by atoms with E-state index in [1.807, 2.05) is 47.4 Å². The number of carbonyl (C=O) groups is 1. The quantitative estimate of drug-likeness (QED) is 0.909. The monoisotopic (exact) mass is 298 g/mol. The number of nitrogens with one attached hydrogen (secondary N) is 1. The zero-order valence-corrected chi connectivity index (χ0v) is 12.7. The lowest BCUT2D eigenvalue weighted by atomic mass is 10.2. The van der Waals surface area contributed by atoms with E-state index in [0.29, 0.717) is 19.1 Å². The van der Waals surface area contributed by atoms with Crippen LogP contribution in [0.1, 0.15) is 37.0 Å². The molecule has 1 N–H and O–H groups in total. The molecule has 0 saturated heterocycles. The van der Waals surface area contributed by atoms with Gasteiger partial charge in [-0.2, -0.15) is 0 Å². The van der Waals surface area contributed by atoms with E-state index < -0.39 is 0 Å². The second kappa shape index (κ2) is 7.16. The third-order valence-electron chi connectivity index (χ3n) is 4.11. The third kappa shape index (κ3) is 3.91. The van der Waals surface area contributed by atoms with Crippen LogP contribution in [0.15, 0.2) is 53.1 Å². The average Bonchev–Trinajstić information content (AvgIpc) is 3.21. The Morgan fingerprint density at radius 3 is 2.55 bits per heavy atom. The van der Waals surface area contributed by atoms with E-state index >= 15 is 0 Å². The number of hydrogen-bond acceptors (Lipinski definition) is 2. The van der Waals surface area contributed by atoms with E-state index in [4.69, 9.17) is 4.42 Å². The molecule has 0 radical (unpaired) electrons. The summed E-state index contributed by atoms with van der Waals surface area (Å²) < 4.78 is 5.40. The number of benzene rings is 1. The van der Waals surface area contributed by atoms with Gasteiger partial charge in [0.25, 0.3) is 0 Å². The standard InChI is InChI=1S/C18H22N2O2/c21-18(19-16-9-4-5-10-16)20(14-17-11-6-12-22-17)13-15-7-2-1-3-8-15/h1-3,6-8,11-12,16H,4-5,9-10,13-14H2,(H,19,21). The molecule has 4 heteroatoms. The molecule has 2 aromatic rings. The fourth-order valence-electron chi connectivity index (χ4n) is 2.93. The summed E-state index contributed by atoms with van der Waals surface area (Å²) in [5.74, 6) is 0.803. The van der Waals surface area contributed by atoms with Gasteiger partial charge in [-0.1, -0.05) is 43.2 Å². The maximum Gasteiger partial charge on any atom is 0.318 e. The second-order valence-electron chi connectivity index (χ2n) is 5.85. The largest absolute Gasteiger partial charge is 0.467 e. The van der Waals surface area contributed by atoms with E-state index in [1.54, 1.807) is 6.26 Å². The summed E-state index contributed by atoms with van der Waals surface area (Å²) in [5.41, 5.74) is 1.12. The maximum atomic E-state index is 12.6. The summed E-state index contributed by atoms with van der Waals surface area (Å²) in [6.07, 6.45) is 6.24. The Bertz CT molecular complexity index is 574. The molecule has 1 aromatic heterocycles. The van der Waals surface area contributed by atoms with Gasteiger partial charge in [0.2, 0.25) is 0 Å². The van der Waals surface area contributed by atoms with Crippen LogP contribution in [-0.4, -0.2) is 17.0 Å². The van der Waals surface area contributed by atoms with Gasteiger partial charge < -0.3 is 14.6 Å². The van der Waals surface area contributed by atoms with Gasteiger partial charge in [-0.3, -0.25) is 0 Å². The molecule has 3 rings (SSSR count). The molecule has 0 unspecified atom stereocenters. The highest BCUT2D eigenvalue weighted by Crippen LogP contribution is 2.18. The number of hydrogen-bond donors (Lipinski definition) is 1. The van der Waals surface area contributed by atoms with Crippen molar-refractivity contribution in [3.05, 3.63) is 60.1 Å². The van der Waals surface area contributed by atoms with Crippen molar-refractivity contribution in [2.24, 2.45) is 0 Å². The smallest absolute Gasteiger partial charge is 0.318 e. The number of amides is 2. The van der Waals surface area contributed by atoms with Crippen LogP contribution in [0.5, 0.6) is 0 Å². The number of furan rings is 1. The van der Waals surface area contributed by atoms with Crippen LogP contribution in [-0.2, 0) is 13.1 Å². The molecular weight excluding hydrogens is 276 g/mol. The Balaban J connectivity index is 1.68. The van der Waals surface area contributed by atoms with Gasteiger partial charge in [0.15, 0.2) is 0 Å². The zero-order valence-electron chi connectivity index (χ0n) is 12.7. The highest BCUT2D eigenvalue weighted by atomic mass is 16.3. The molecule has 1 heterocycles. The Morgan fingerprint density at radius 1 is 1.09 bits per heavy atom. The normalized spacial score (nSPS) is 14.9. The van der Waals surface area contributed by atoms with Crippen molar-refractivity contribution in [2.75, 3.05) is 0 Å². The Morgan fingerprint density at radius 2 is 1.86 bits per heavy atom. The van der Waals surface area contributed by atoms with Gasteiger partial charge in [0.1, 0.15) is 5.76 Å². The first kappa shape index (κ1) is 14.7. The molecule has 0 aliphatic heterocycles. The van der Waals surface area contributed by atoms with Gasteiger partial charge in [0.05, 0.1) is 12.8 Å². The molecule has 1 fully saturated rings. The molecule has 0 atom stereocenters. The van der Waals surface area contributed by atoms with Crippen LogP contribution in [0.2, 0.25) is 0 Å². The summed E-state index contributed by atoms with van der Waals surface area (Å²) in [5, 5.41) is 3.16. The summed E-state index contributed by atoms with van der Waals surface area (Å²) in [4.78, 5) is 14.4. The predicted molar refractivity (Wildman–Crippen MR) is 85.2 cm³/mol. The fourth-order valence-corrected chi connectivity index (χ4v) is 2.93. The minimum absolute atomic E-state index is 0.00727. The molecule has 0 spiro atoms. The van der Waals surface area contributed by atoms with E-state index in [-0.39, 0.29) is 6.03 Å². The predicted octanol–water partition coefficient (Wildman–Crippen LogP) is 3.93. The van der Waals surface area contributed by atoms with Crippen molar-refractivity contribution in [3.63, 3.8) is 0 Å². The Labute approximate surface area is 131 Å². The highest BCUT2D eigenvalue weighted by Gasteiger charge is 2.21. The van der Waals surface area contributed by atoms with Crippen molar-refractivity contribution in [1.29, 1.82) is 0 Å². The molecule has 1 aromatic carbocycles. The van der Waals surface area contributed by atoms with Crippen LogP contribution in [0, 0.1) is 0 Å². The summed E-state index contributed by atoms with van der Waals surface area (Å²) in [6, 6.07) is 14.1. The van der Waals surface area contributed by atoms with E-state index in [1.165, 1.54) is 12.8 Å². The van der Waals surface area contributed by atoms with Gasteiger partial charge in [0, 0.05) is 12.6 Å². The van der Waals surface area contributed by atoms with Crippen LogP contribution >= 0.6 is 0 Å². The molecule has 1 aliphatic carbocycles. The van der Waals surface area contributed by atoms with E-state index in [9.17, 15) is 4.79 Å². The van der Waals surface area contributed by atoms with Crippen LogP contribution < -0.4 is 5.32 Å². The molecule has 1 aliphatic rings. The average molecular weight is 298 g/mol. The lowest BCUT2D eigenvalue weighted by Gasteiger charge is -2.24. The zero-order chi connectivity index (χ0) is 15.2. The van der Waals surface area contributed by atoms with Gasteiger partial charge >= 0.3 is 6.03 Å². The van der Waals surface area contributed by atoms with Crippen LogP contribution in [0.3, 0.4) is 0 Å². The number of carbonyl (C=O) groups excluding carboxylic acids is 1. The van der Waals surface area contributed by atoms with Crippen molar-refractivity contribution in [2.45, 2.75) is 44.8 Å². The molecule has 22 heavy (non-hydrogen) atoms. The lowest BCUT2D eigenvalue weighted by molar-refractivity contribution is 0.183. The van der Waals surface area contributed by atoms with Crippen molar-refractivity contribution < 1.29 is 9.21 Å². The minimum atomic E-state index is -0.00727. The molecular formula is C18H22N2O2. The molecule has 0 bridgehead atoms. The molecule has 1 saturated carbocycles. The summed E-state index contributed by atoms with van der Waals surface area (Å²) >= 11 is 0. The van der Waals surface area contributed by atoms with Crippen LogP contribution in [0.4, 0.5) is 4.79 Å². The first-order valence-corrected chi connectivity index (χ1v) is 7.93. The van der Waals surface area contributed by atoms with E-state index in [2.05, 4.69) is 5.32 Å². The highest BCUT2D eigenvalue weighted by molar-refractivity contribution is 5.74. The minimum Gasteiger partial charge on any atom is -0.467 e. The maximum absolute atomic E-state index is 12.6. The first-order chi connectivity index (χ1) is 10.8. The van der Waals surface area contributed by atoms with Gasteiger partial charge in [-0.25, -0.2) is 4.79 Å². The molecule has 2 amide bonds. The van der Waals surface area contributed by atoms with E-state index in [0.717, 1.165) is 24.2 Å².